The minimum Gasteiger partial charge on any atom is -0.385 e. The van der Waals surface area contributed by atoms with Gasteiger partial charge >= 0.3 is 5.69 Å². The lowest BCUT2D eigenvalue weighted by molar-refractivity contribution is 1.11. The van der Waals surface area contributed by atoms with Gasteiger partial charge in [0.1, 0.15) is 10.6 Å². The molecule has 0 aliphatic rings. The summed E-state index contributed by atoms with van der Waals surface area (Å²) >= 11 is 1.52. The van der Waals surface area contributed by atoms with Gasteiger partial charge in [0.25, 0.3) is 0 Å². The van der Waals surface area contributed by atoms with Crippen molar-refractivity contribution in [1.29, 1.82) is 0 Å². The largest absolute Gasteiger partial charge is 0.385 e. The number of aromatic nitrogens is 2. The van der Waals surface area contributed by atoms with E-state index in [0.717, 1.165) is 16.6 Å². The molecule has 2 aromatic rings. The lowest BCUT2D eigenvalue weighted by atomic mass is 10.1. The Labute approximate surface area is 84.8 Å². The molecular formula is C9H11N3OS. The van der Waals surface area contributed by atoms with Crippen LogP contribution in [0.2, 0.25) is 0 Å². The van der Waals surface area contributed by atoms with E-state index in [2.05, 4.69) is 16.9 Å². The van der Waals surface area contributed by atoms with E-state index in [-0.39, 0.29) is 5.69 Å². The van der Waals surface area contributed by atoms with Gasteiger partial charge in [-0.15, -0.1) is 11.3 Å². The lowest BCUT2D eigenvalue weighted by Crippen LogP contribution is -2.11. The third kappa shape index (κ3) is 1.21. The first kappa shape index (κ1) is 9.21. The van der Waals surface area contributed by atoms with Crippen molar-refractivity contribution in [3.05, 3.63) is 20.9 Å². The number of aryl methyl sites for hydroxylation is 2. The molecule has 74 valence electrons. The molecule has 0 aromatic carbocycles. The average Bonchev–Trinajstić information content (AvgIpc) is 2.40. The number of thiophene rings is 1. The molecule has 0 aliphatic heterocycles. The summed E-state index contributed by atoms with van der Waals surface area (Å²) in [5.41, 5.74) is 6.57. The number of nitrogens with two attached hydrogens (primary N) is 1. The van der Waals surface area contributed by atoms with Crippen molar-refractivity contribution in [2.24, 2.45) is 0 Å². The molecule has 4 nitrogen and oxygen atoms in total. The third-order valence-corrected chi connectivity index (χ3v) is 3.30. The van der Waals surface area contributed by atoms with E-state index < -0.39 is 0 Å². The first-order valence-electron chi connectivity index (χ1n) is 4.41. The highest BCUT2D eigenvalue weighted by Gasteiger charge is 2.12. The summed E-state index contributed by atoms with van der Waals surface area (Å²) < 4.78 is 0. The molecule has 0 atom stereocenters. The molecule has 0 aliphatic carbocycles. The molecule has 0 saturated heterocycles. The maximum atomic E-state index is 11.1. The molecule has 0 spiro atoms. The van der Waals surface area contributed by atoms with Gasteiger partial charge in [-0.2, -0.15) is 4.98 Å². The van der Waals surface area contributed by atoms with E-state index in [0.29, 0.717) is 5.82 Å². The van der Waals surface area contributed by atoms with Crippen molar-refractivity contribution >= 4 is 27.4 Å². The summed E-state index contributed by atoms with van der Waals surface area (Å²) in [7, 11) is 0. The van der Waals surface area contributed by atoms with E-state index in [1.807, 2.05) is 6.92 Å². The molecule has 0 amide bonds. The zero-order valence-electron chi connectivity index (χ0n) is 8.05. The normalized spacial score (nSPS) is 11.0. The van der Waals surface area contributed by atoms with Crippen molar-refractivity contribution in [3.63, 3.8) is 0 Å². The number of rotatable bonds is 1. The van der Waals surface area contributed by atoms with Crippen molar-refractivity contribution in [3.8, 4) is 0 Å². The maximum Gasteiger partial charge on any atom is 0.347 e. The van der Waals surface area contributed by atoms with Crippen LogP contribution in [-0.4, -0.2) is 9.97 Å². The van der Waals surface area contributed by atoms with Crippen LogP contribution in [0.5, 0.6) is 0 Å². The van der Waals surface area contributed by atoms with Crippen LogP contribution in [-0.2, 0) is 6.42 Å². The fraction of sp³-hybridized carbons (Fsp3) is 0.333. The maximum absolute atomic E-state index is 11.1. The van der Waals surface area contributed by atoms with Crippen LogP contribution in [0.3, 0.4) is 0 Å². The Morgan fingerprint density at radius 2 is 2.29 bits per heavy atom. The van der Waals surface area contributed by atoms with Crippen molar-refractivity contribution < 1.29 is 0 Å². The molecule has 0 bridgehead atoms. The molecule has 2 heterocycles. The average molecular weight is 209 g/mol. The number of fused-ring (bicyclic) bond motifs is 1. The molecule has 3 N–H and O–H groups in total. The van der Waals surface area contributed by atoms with E-state index in [4.69, 9.17) is 5.73 Å². The van der Waals surface area contributed by atoms with Gasteiger partial charge in [0.2, 0.25) is 0 Å². The fourth-order valence-electron chi connectivity index (χ4n) is 1.64. The number of nitrogens with one attached hydrogen (secondary N) is 1. The Kier molecular flexibility index (Phi) is 2.03. The van der Waals surface area contributed by atoms with Crippen LogP contribution in [0.1, 0.15) is 17.4 Å². The molecule has 0 radical (unpaired) electrons. The summed E-state index contributed by atoms with van der Waals surface area (Å²) in [6.45, 7) is 4.09. The van der Waals surface area contributed by atoms with Gasteiger partial charge in [-0.05, 0) is 18.9 Å². The summed E-state index contributed by atoms with van der Waals surface area (Å²) in [6, 6.07) is 0. The van der Waals surface area contributed by atoms with Crippen LogP contribution in [0.4, 0.5) is 5.82 Å². The SMILES string of the molecule is CCc1c(C)sc2nc(=O)[nH]c(N)c12. The van der Waals surface area contributed by atoms with Crippen LogP contribution < -0.4 is 11.4 Å². The zero-order valence-corrected chi connectivity index (χ0v) is 8.86. The molecular weight excluding hydrogens is 198 g/mol. The number of nitrogens with zero attached hydrogens (tertiary/aromatic N) is 1. The van der Waals surface area contributed by atoms with Crippen LogP contribution >= 0.6 is 11.3 Å². The molecule has 0 unspecified atom stereocenters. The quantitative estimate of drug-likeness (QED) is 0.746. The predicted octanol–water partition coefficient (Wildman–Crippen LogP) is 1.44. The van der Waals surface area contributed by atoms with Gasteiger partial charge in [-0.1, -0.05) is 6.92 Å². The predicted molar refractivity (Wildman–Crippen MR) is 58.8 cm³/mol. The second-order valence-corrected chi connectivity index (χ2v) is 4.33. The van der Waals surface area contributed by atoms with Gasteiger partial charge < -0.3 is 5.73 Å². The van der Waals surface area contributed by atoms with E-state index in [1.54, 1.807) is 0 Å². The summed E-state index contributed by atoms with van der Waals surface area (Å²) in [4.78, 5) is 19.4. The molecule has 2 rings (SSSR count). The Morgan fingerprint density at radius 1 is 1.57 bits per heavy atom. The van der Waals surface area contributed by atoms with Crippen molar-refractivity contribution in [1.82, 2.24) is 9.97 Å². The number of H-pyrrole nitrogens is 1. The molecule has 0 fully saturated rings. The standard InChI is InChI=1S/C9H11N3OS/c1-3-5-4(2)14-8-6(5)7(10)11-9(13)12-8/h3H2,1-2H3,(H3,10,11,12,13). The van der Waals surface area contributed by atoms with E-state index >= 15 is 0 Å². The highest BCUT2D eigenvalue weighted by molar-refractivity contribution is 7.18. The lowest BCUT2D eigenvalue weighted by Gasteiger charge is -1.98. The van der Waals surface area contributed by atoms with Crippen molar-refractivity contribution in [2.75, 3.05) is 5.73 Å². The fourth-order valence-corrected chi connectivity index (χ4v) is 2.77. The summed E-state index contributed by atoms with van der Waals surface area (Å²) in [5.74, 6) is 0.432. The van der Waals surface area contributed by atoms with Gasteiger partial charge in [-0.3, -0.25) is 4.98 Å². The molecule has 14 heavy (non-hydrogen) atoms. The second kappa shape index (κ2) is 3.09. The van der Waals surface area contributed by atoms with Gasteiger partial charge in [0, 0.05) is 4.88 Å². The highest BCUT2D eigenvalue weighted by Crippen LogP contribution is 2.31. The summed E-state index contributed by atoms with van der Waals surface area (Å²) in [5, 5.41) is 0.912. The number of aromatic amines is 1. The second-order valence-electron chi connectivity index (χ2n) is 3.13. The smallest absolute Gasteiger partial charge is 0.347 e. The Hall–Kier alpha value is -1.36. The minimum absolute atomic E-state index is 0.376. The first-order valence-corrected chi connectivity index (χ1v) is 5.23. The van der Waals surface area contributed by atoms with E-state index in [1.165, 1.54) is 21.8 Å². The van der Waals surface area contributed by atoms with E-state index in [9.17, 15) is 4.79 Å². The van der Waals surface area contributed by atoms with Gasteiger partial charge in [0.15, 0.2) is 0 Å². The Balaban J connectivity index is 2.95. The monoisotopic (exact) mass is 209 g/mol. The molecule has 2 aromatic heterocycles. The number of hydrogen-bond donors (Lipinski definition) is 2. The van der Waals surface area contributed by atoms with Crippen LogP contribution in [0.25, 0.3) is 10.2 Å². The number of anilines is 1. The number of hydrogen-bond acceptors (Lipinski definition) is 4. The zero-order chi connectivity index (χ0) is 10.3. The molecule has 0 saturated carbocycles. The van der Waals surface area contributed by atoms with Crippen LogP contribution in [0, 0.1) is 6.92 Å². The Morgan fingerprint density at radius 3 is 2.93 bits per heavy atom. The van der Waals surface area contributed by atoms with Crippen LogP contribution in [0.15, 0.2) is 4.79 Å². The van der Waals surface area contributed by atoms with Gasteiger partial charge in [-0.25, -0.2) is 4.79 Å². The molecule has 5 heteroatoms. The van der Waals surface area contributed by atoms with Gasteiger partial charge in [0.05, 0.1) is 5.39 Å². The summed E-state index contributed by atoms with van der Waals surface area (Å²) in [6.07, 6.45) is 0.907. The first-order chi connectivity index (χ1) is 6.63. The third-order valence-electron chi connectivity index (χ3n) is 2.26. The Bertz CT molecular complexity index is 541. The highest BCUT2D eigenvalue weighted by atomic mass is 32.1. The topological polar surface area (TPSA) is 71.8 Å². The van der Waals surface area contributed by atoms with Crippen molar-refractivity contribution in [2.45, 2.75) is 20.3 Å². The minimum atomic E-state index is -0.376. The number of nitrogen functional groups attached to an aromatic ring is 1.